The molecular weight excluding hydrogens is 323 g/mol. The SMILES string of the molecule is NC1C(=O)N(Cc2ccc(F)cc2)c2ccc(Br)cc21. The Balaban J connectivity index is 1.95. The van der Waals surface area contributed by atoms with Crippen molar-refractivity contribution in [1.82, 2.24) is 0 Å². The van der Waals surface area contributed by atoms with Gasteiger partial charge < -0.3 is 10.6 Å². The third-order valence-electron chi connectivity index (χ3n) is 3.40. The summed E-state index contributed by atoms with van der Waals surface area (Å²) in [7, 11) is 0. The zero-order valence-corrected chi connectivity index (χ0v) is 12.1. The van der Waals surface area contributed by atoms with Gasteiger partial charge >= 0.3 is 0 Å². The Hall–Kier alpha value is -1.72. The van der Waals surface area contributed by atoms with Crippen molar-refractivity contribution in [2.75, 3.05) is 4.90 Å². The average Bonchev–Trinajstić information content (AvgIpc) is 2.66. The van der Waals surface area contributed by atoms with E-state index in [-0.39, 0.29) is 11.7 Å². The van der Waals surface area contributed by atoms with E-state index in [2.05, 4.69) is 15.9 Å². The predicted octanol–water partition coefficient (Wildman–Crippen LogP) is 3.13. The molecule has 0 fully saturated rings. The number of nitrogens with two attached hydrogens (primary N) is 1. The lowest BCUT2D eigenvalue weighted by atomic mass is 10.1. The van der Waals surface area contributed by atoms with Crippen molar-refractivity contribution in [3.8, 4) is 0 Å². The standard InChI is InChI=1S/C15H12BrFN2O/c16-10-3-6-13-12(7-10)14(18)15(20)19(13)8-9-1-4-11(17)5-2-9/h1-7,14H,8,18H2. The summed E-state index contributed by atoms with van der Waals surface area (Å²) >= 11 is 3.38. The number of nitrogens with zero attached hydrogens (tertiary/aromatic N) is 1. The number of hydrogen-bond donors (Lipinski definition) is 1. The highest BCUT2D eigenvalue weighted by molar-refractivity contribution is 9.10. The van der Waals surface area contributed by atoms with Crippen LogP contribution in [-0.2, 0) is 11.3 Å². The molecule has 20 heavy (non-hydrogen) atoms. The van der Waals surface area contributed by atoms with Crippen LogP contribution < -0.4 is 10.6 Å². The Bertz CT molecular complexity index is 672. The van der Waals surface area contributed by atoms with Crippen LogP contribution in [0.2, 0.25) is 0 Å². The fourth-order valence-corrected chi connectivity index (χ4v) is 2.75. The van der Waals surface area contributed by atoms with Gasteiger partial charge in [-0.1, -0.05) is 28.1 Å². The number of anilines is 1. The first kappa shape index (κ1) is 13.3. The van der Waals surface area contributed by atoms with Crippen LogP contribution in [0.4, 0.5) is 10.1 Å². The largest absolute Gasteiger partial charge is 0.316 e. The van der Waals surface area contributed by atoms with Gasteiger partial charge in [0.15, 0.2) is 0 Å². The zero-order valence-electron chi connectivity index (χ0n) is 10.5. The quantitative estimate of drug-likeness (QED) is 0.917. The van der Waals surface area contributed by atoms with Gasteiger partial charge in [0.1, 0.15) is 11.9 Å². The van der Waals surface area contributed by atoms with E-state index in [1.54, 1.807) is 17.0 Å². The predicted molar refractivity (Wildman–Crippen MR) is 78.7 cm³/mol. The molecule has 1 unspecified atom stereocenters. The first-order valence-electron chi connectivity index (χ1n) is 6.17. The minimum Gasteiger partial charge on any atom is -0.316 e. The molecule has 5 heteroatoms. The van der Waals surface area contributed by atoms with Crippen LogP contribution in [0, 0.1) is 5.82 Å². The second-order valence-corrected chi connectivity index (χ2v) is 5.65. The summed E-state index contributed by atoms with van der Waals surface area (Å²) in [6.45, 7) is 0.390. The molecule has 2 N–H and O–H groups in total. The van der Waals surface area contributed by atoms with Crippen LogP contribution in [0.5, 0.6) is 0 Å². The maximum Gasteiger partial charge on any atom is 0.248 e. The lowest BCUT2D eigenvalue weighted by Gasteiger charge is -2.17. The minimum atomic E-state index is -0.636. The van der Waals surface area contributed by atoms with Crippen LogP contribution in [0.15, 0.2) is 46.9 Å². The van der Waals surface area contributed by atoms with Crippen LogP contribution in [0.3, 0.4) is 0 Å². The molecule has 1 atom stereocenters. The third kappa shape index (κ3) is 2.23. The molecule has 1 aliphatic heterocycles. The smallest absolute Gasteiger partial charge is 0.248 e. The Labute approximate surface area is 124 Å². The summed E-state index contributed by atoms with van der Waals surface area (Å²) in [6.07, 6.45) is 0. The minimum absolute atomic E-state index is 0.137. The van der Waals surface area contributed by atoms with Crippen molar-refractivity contribution in [3.63, 3.8) is 0 Å². The molecule has 2 aromatic carbocycles. The fraction of sp³-hybridized carbons (Fsp3) is 0.133. The van der Waals surface area contributed by atoms with Crippen LogP contribution in [-0.4, -0.2) is 5.91 Å². The van der Waals surface area contributed by atoms with Gasteiger partial charge in [0.2, 0.25) is 5.91 Å². The number of fused-ring (bicyclic) bond motifs is 1. The average molecular weight is 335 g/mol. The van der Waals surface area contributed by atoms with Gasteiger partial charge in [-0.15, -0.1) is 0 Å². The van der Waals surface area contributed by atoms with Gasteiger partial charge in [0.05, 0.1) is 6.54 Å². The highest BCUT2D eigenvalue weighted by atomic mass is 79.9. The monoisotopic (exact) mass is 334 g/mol. The molecule has 1 amide bonds. The first-order valence-corrected chi connectivity index (χ1v) is 6.96. The summed E-state index contributed by atoms with van der Waals surface area (Å²) in [5, 5.41) is 0. The maximum absolute atomic E-state index is 12.9. The summed E-state index contributed by atoms with van der Waals surface area (Å²) in [5.74, 6) is -0.426. The molecule has 3 rings (SSSR count). The lowest BCUT2D eigenvalue weighted by Crippen LogP contribution is -2.31. The number of carbonyl (C=O) groups excluding carboxylic acids is 1. The molecule has 3 nitrogen and oxygen atoms in total. The number of benzene rings is 2. The van der Waals surface area contributed by atoms with E-state index in [9.17, 15) is 9.18 Å². The van der Waals surface area contributed by atoms with E-state index in [1.165, 1.54) is 12.1 Å². The Morgan fingerprint density at radius 2 is 1.90 bits per heavy atom. The molecule has 0 aromatic heterocycles. The van der Waals surface area contributed by atoms with Gasteiger partial charge in [0.25, 0.3) is 0 Å². The van der Waals surface area contributed by atoms with Gasteiger partial charge in [0, 0.05) is 15.7 Å². The number of halogens is 2. The molecule has 0 spiro atoms. The van der Waals surface area contributed by atoms with Crippen LogP contribution >= 0.6 is 15.9 Å². The normalized spacial score (nSPS) is 17.4. The van der Waals surface area contributed by atoms with Crippen molar-refractivity contribution in [1.29, 1.82) is 0 Å². The van der Waals surface area contributed by atoms with E-state index in [0.717, 1.165) is 21.3 Å². The summed E-state index contributed by atoms with van der Waals surface area (Å²) in [6, 6.07) is 11.1. The van der Waals surface area contributed by atoms with E-state index >= 15 is 0 Å². The van der Waals surface area contributed by atoms with E-state index in [4.69, 9.17) is 5.73 Å². The van der Waals surface area contributed by atoms with E-state index in [0.29, 0.717) is 6.54 Å². The molecule has 102 valence electrons. The maximum atomic E-state index is 12.9. The topological polar surface area (TPSA) is 46.3 Å². The van der Waals surface area contributed by atoms with Crippen LogP contribution in [0.1, 0.15) is 17.2 Å². The summed E-state index contributed by atoms with van der Waals surface area (Å²) in [5.41, 5.74) is 8.44. The highest BCUT2D eigenvalue weighted by Crippen LogP contribution is 2.37. The van der Waals surface area contributed by atoms with Gasteiger partial charge in [-0.05, 0) is 35.9 Å². The molecule has 0 saturated carbocycles. The Morgan fingerprint density at radius 1 is 1.20 bits per heavy atom. The Morgan fingerprint density at radius 3 is 2.60 bits per heavy atom. The molecule has 1 heterocycles. The highest BCUT2D eigenvalue weighted by Gasteiger charge is 2.34. The molecule has 2 aromatic rings. The summed E-state index contributed by atoms with van der Waals surface area (Å²) < 4.78 is 13.8. The molecule has 0 saturated heterocycles. The number of hydrogen-bond acceptors (Lipinski definition) is 2. The van der Waals surface area contributed by atoms with Gasteiger partial charge in [-0.2, -0.15) is 0 Å². The second-order valence-electron chi connectivity index (χ2n) is 4.73. The molecule has 1 aliphatic rings. The van der Waals surface area contributed by atoms with Crippen molar-refractivity contribution in [2.24, 2.45) is 5.73 Å². The number of rotatable bonds is 2. The molecule has 0 aliphatic carbocycles. The fourth-order valence-electron chi connectivity index (χ4n) is 2.38. The second kappa shape index (κ2) is 5.00. The van der Waals surface area contributed by atoms with Crippen molar-refractivity contribution in [3.05, 3.63) is 63.9 Å². The van der Waals surface area contributed by atoms with E-state index < -0.39 is 6.04 Å². The first-order chi connectivity index (χ1) is 9.56. The van der Waals surface area contributed by atoms with Crippen molar-refractivity contribution < 1.29 is 9.18 Å². The summed E-state index contributed by atoms with van der Waals surface area (Å²) in [4.78, 5) is 13.9. The molecule has 0 bridgehead atoms. The lowest BCUT2D eigenvalue weighted by molar-refractivity contribution is -0.119. The third-order valence-corrected chi connectivity index (χ3v) is 3.89. The Kier molecular flexibility index (Phi) is 3.31. The molecule has 0 radical (unpaired) electrons. The number of carbonyl (C=O) groups is 1. The van der Waals surface area contributed by atoms with Gasteiger partial charge in [-0.3, -0.25) is 4.79 Å². The van der Waals surface area contributed by atoms with E-state index in [1.807, 2.05) is 18.2 Å². The van der Waals surface area contributed by atoms with Gasteiger partial charge in [-0.25, -0.2) is 4.39 Å². The zero-order chi connectivity index (χ0) is 14.3. The van der Waals surface area contributed by atoms with Crippen molar-refractivity contribution >= 4 is 27.5 Å². The van der Waals surface area contributed by atoms with Crippen molar-refractivity contribution in [2.45, 2.75) is 12.6 Å². The molecular formula is C15H12BrFN2O. The van der Waals surface area contributed by atoms with Crippen LogP contribution in [0.25, 0.3) is 0 Å². The number of amides is 1.